The Bertz CT molecular complexity index is 3150. The lowest BCUT2D eigenvalue weighted by Crippen LogP contribution is -2.21. The molecule has 0 unspecified atom stereocenters. The lowest BCUT2D eigenvalue weighted by atomic mass is 10.2. The first-order chi connectivity index (χ1) is 31.6. The number of aliphatic hydroxyl groups is 1. The number of fused-ring (bicyclic) bond motifs is 2. The highest BCUT2D eigenvalue weighted by Crippen LogP contribution is 2.39. The maximum absolute atomic E-state index is 12.1. The number of hydrogen-bond acceptors (Lipinski definition) is 22. The van der Waals surface area contributed by atoms with Crippen LogP contribution >= 0.6 is 57.6 Å². The second kappa shape index (κ2) is 22.8. The van der Waals surface area contributed by atoms with Crippen molar-refractivity contribution in [2.24, 2.45) is 20.5 Å². The molecule has 0 atom stereocenters. The molecule has 27 heteroatoms. The number of nitrogens with zero attached hydrogens (tertiary/aromatic N) is 11. The van der Waals surface area contributed by atoms with Crippen molar-refractivity contribution in [1.29, 1.82) is 0 Å². The number of aliphatic hydroxyl groups excluding tert-OH is 1. The topological polar surface area (TPSA) is 270 Å². The van der Waals surface area contributed by atoms with Crippen LogP contribution in [-0.4, -0.2) is 94.2 Å². The van der Waals surface area contributed by atoms with Gasteiger partial charge >= 0.3 is 10.6 Å². The number of azo groups is 2. The lowest BCUT2D eigenvalue weighted by molar-refractivity contribution is 0.322. The molecule has 7 aromatic rings. The molecule has 0 aliphatic heterocycles. The van der Waals surface area contributed by atoms with Crippen LogP contribution in [0.3, 0.4) is 0 Å². The van der Waals surface area contributed by atoms with Gasteiger partial charge < -0.3 is 25.5 Å². The molecule has 3 aromatic heterocycles. The Morgan fingerprint density at radius 3 is 1.71 bits per heavy atom. The molecule has 4 aromatic carbocycles. The van der Waals surface area contributed by atoms with E-state index in [1.165, 1.54) is 29.2 Å². The van der Waals surface area contributed by atoms with Gasteiger partial charge in [-0.25, -0.2) is 9.97 Å². The first-order valence-electron chi connectivity index (χ1n) is 19.7. The van der Waals surface area contributed by atoms with Crippen LogP contribution in [0.2, 0.25) is 10.0 Å². The molecule has 0 fully saturated rings. The van der Waals surface area contributed by atoms with E-state index >= 15 is 0 Å². The average molecular weight is 1030 g/mol. The van der Waals surface area contributed by atoms with Crippen LogP contribution in [0.25, 0.3) is 20.4 Å². The van der Waals surface area contributed by atoms with E-state index in [2.05, 4.69) is 88.5 Å². The second-order valence-electron chi connectivity index (χ2n) is 13.3. The second-order valence-corrected chi connectivity index (χ2v) is 19.0. The van der Waals surface area contributed by atoms with Crippen molar-refractivity contribution >= 4 is 155 Å². The number of benzene rings is 4. The number of halogens is 2. The first kappa shape index (κ1) is 49.9. The summed E-state index contributed by atoms with van der Waals surface area (Å²) in [5.41, 5.74) is 4.60. The highest BCUT2D eigenvalue weighted by Gasteiger charge is 2.20. The summed E-state index contributed by atoms with van der Waals surface area (Å²) in [6, 6.07) is 19.5. The minimum Gasteiger partial charge on any atom is -0.396 e. The van der Waals surface area contributed by atoms with Crippen molar-refractivity contribution in [1.82, 2.24) is 24.9 Å². The van der Waals surface area contributed by atoms with E-state index in [9.17, 15) is 18.1 Å². The summed E-state index contributed by atoms with van der Waals surface area (Å²) in [6.45, 7) is 11.2. The van der Waals surface area contributed by atoms with E-state index < -0.39 is 25.6 Å². The molecule has 0 radical (unpaired) electrons. The van der Waals surface area contributed by atoms with Crippen LogP contribution < -0.4 is 20.4 Å². The average Bonchev–Trinajstić information content (AvgIpc) is 3.88. The SMILES string of the molecule is CCN(CC)c1ccc(N=Nc2nc3ccc(Cl)cc3s2)c(Nc2nc(Nc3cc(N(CC)CC)ccc3N=Nc3nc4c(S(=O)(=O)O)cc(Cl)cc4s3)nc(SCCO)n2)c1.O=S(=O)=O. The fourth-order valence-electron chi connectivity index (χ4n) is 6.22. The molecule has 66 heavy (non-hydrogen) atoms. The number of thiazole rings is 2. The monoisotopic (exact) mass is 1030 g/mol. The Hall–Kier alpha value is -5.51. The number of hydrogen-bond donors (Lipinski definition) is 4. The molecule has 0 amide bonds. The normalized spacial score (nSPS) is 11.6. The Morgan fingerprint density at radius 2 is 1.20 bits per heavy atom. The Labute approximate surface area is 402 Å². The van der Waals surface area contributed by atoms with Crippen LogP contribution in [0.1, 0.15) is 27.7 Å². The van der Waals surface area contributed by atoms with Crippen molar-refractivity contribution in [2.45, 2.75) is 37.7 Å². The van der Waals surface area contributed by atoms with Crippen molar-refractivity contribution in [3.05, 3.63) is 76.8 Å². The summed E-state index contributed by atoms with van der Waals surface area (Å²) in [6.07, 6.45) is 0. The fourth-order valence-corrected chi connectivity index (χ4v) is 9.80. The zero-order chi connectivity index (χ0) is 47.5. The summed E-state index contributed by atoms with van der Waals surface area (Å²) in [5, 5.41) is 35.9. The smallest absolute Gasteiger partial charge is 0.396 e. The molecule has 0 bridgehead atoms. The van der Waals surface area contributed by atoms with Gasteiger partial charge in [-0.1, -0.05) is 57.6 Å². The molecular weight excluding hydrogens is 994 g/mol. The van der Waals surface area contributed by atoms with Gasteiger partial charge in [0.25, 0.3) is 10.1 Å². The largest absolute Gasteiger partial charge is 0.425 e. The molecule has 0 saturated heterocycles. The Balaban J connectivity index is 0.00000173. The van der Waals surface area contributed by atoms with Gasteiger partial charge in [-0.15, -0.1) is 33.1 Å². The number of aromatic nitrogens is 5. The summed E-state index contributed by atoms with van der Waals surface area (Å²) in [5.74, 6) is 0.688. The van der Waals surface area contributed by atoms with Crippen LogP contribution in [0.4, 0.5) is 56.3 Å². The number of anilines is 6. The summed E-state index contributed by atoms with van der Waals surface area (Å²) >= 11 is 16.0. The Kier molecular flexibility index (Phi) is 17.2. The van der Waals surface area contributed by atoms with Gasteiger partial charge in [0.1, 0.15) is 21.8 Å². The fraction of sp³-hybridized carbons (Fsp3) is 0.256. The van der Waals surface area contributed by atoms with Crippen molar-refractivity contribution in [3.63, 3.8) is 0 Å². The maximum atomic E-state index is 12.1. The number of nitrogens with one attached hydrogen (secondary N) is 2. The van der Waals surface area contributed by atoms with Crippen molar-refractivity contribution in [3.8, 4) is 0 Å². The van der Waals surface area contributed by atoms with E-state index in [4.69, 9.17) is 40.8 Å². The third-order valence-corrected chi connectivity index (χ3v) is 13.1. The third-order valence-electron chi connectivity index (χ3n) is 9.16. The maximum Gasteiger partial charge on any atom is 0.425 e. The van der Waals surface area contributed by atoms with Gasteiger partial charge in [0.05, 0.1) is 32.9 Å². The van der Waals surface area contributed by atoms with Crippen LogP contribution in [0.5, 0.6) is 0 Å². The van der Waals surface area contributed by atoms with Gasteiger partial charge in [0, 0.05) is 53.4 Å². The molecule has 0 aliphatic rings. The van der Waals surface area contributed by atoms with E-state index in [0.717, 1.165) is 65.2 Å². The van der Waals surface area contributed by atoms with E-state index in [-0.39, 0.29) is 34.2 Å². The van der Waals surface area contributed by atoms with Gasteiger partial charge in [0.2, 0.25) is 22.2 Å². The quantitative estimate of drug-likeness (QED) is 0.0353. The van der Waals surface area contributed by atoms with Crippen LogP contribution in [0.15, 0.2) is 97.2 Å². The minimum atomic E-state index is -4.61. The predicted molar refractivity (Wildman–Crippen MR) is 261 cm³/mol. The highest BCUT2D eigenvalue weighted by molar-refractivity contribution is 7.99. The molecule has 7 rings (SSSR count). The lowest BCUT2D eigenvalue weighted by Gasteiger charge is -2.22. The zero-order valence-corrected chi connectivity index (χ0v) is 40.8. The van der Waals surface area contributed by atoms with Gasteiger partial charge in [0.15, 0.2) is 5.16 Å². The molecule has 0 spiro atoms. The molecular formula is C39H39Cl2N13O7S5. The summed E-state index contributed by atoms with van der Waals surface area (Å²) in [4.78, 5) is 27.0. The van der Waals surface area contributed by atoms with E-state index in [1.807, 2.05) is 42.5 Å². The van der Waals surface area contributed by atoms with Gasteiger partial charge in [-0.3, -0.25) is 4.55 Å². The van der Waals surface area contributed by atoms with Crippen LogP contribution in [0, 0.1) is 0 Å². The minimum absolute atomic E-state index is 0.0265. The van der Waals surface area contributed by atoms with Crippen molar-refractivity contribution in [2.75, 3.05) is 59.0 Å². The number of thioether (sulfide) groups is 1. The van der Waals surface area contributed by atoms with Crippen LogP contribution in [-0.2, 0) is 20.7 Å². The van der Waals surface area contributed by atoms with Crippen molar-refractivity contribution < 1.29 is 30.7 Å². The van der Waals surface area contributed by atoms with Gasteiger partial charge in [-0.05, 0) is 94.4 Å². The zero-order valence-electron chi connectivity index (χ0n) is 35.2. The first-order valence-corrected chi connectivity index (χ1v) is 25.5. The standard InChI is InChI=1S/C39H39Cl2N13O4S4.O3S/c1-5-53(6-2)24-10-13-26(49-51-38-44-28-12-9-22(40)17-31(28)60-38)29(20-24)42-35-46-36(48-37(47-35)59-16-15-55)43-30-21-25(54(7-3)8-4)11-14-27(30)50-52-39-45-34-32(61-39)18-23(41)19-33(34)62(56,57)58;1-4(2)3/h9-14,17-21,55H,5-8,15-16H2,1-4H3,(H,56,57,58)(H2,42,43,46,47,48);. The summed E-state index contributed by atoms with van der Waals surface area (Å²) in [7, 11) is -7.73. The highest BCUT2D eigenvalue weighted by atomic mass is 35.5. The van der Waals surface area contributed by atoms with E-state index in [0.29, 0.717) is 48.5 Å². The molecule has 4 N–H and O–H groups in total. The van der Waals surface area contributed by atoms with E-state index in [1.54, 1.807) is 12.1 Å². The number of rotatable bonds is 18. The molecule has 0 saturated carbocycles. The molecule has 3 heterocycles. The molecule has 20 nitrogen and oxygen atoms in total. The molecule has 0 aliphatic carbocycles. The predicted octanol–water partition coefficient (Wildman–Crippen LogP) is 10.7. The Morgan fingerprint density at radius 1 is 0.682 bits per heavy atom. The molecule has 346 valence electrons. The third kappa shape index (κ3) is 13.1. The summed E-state index contributed by atoms with van der Waals surface area (Å²) < 4.78 is 60.6. The van der Waals surface area contributed by atoms with Gasteiger partial charge in [-0.2, -0.15) is 23.4 Å².